The third kappa shape index (κ3) is 4.10. The molecule has 0 radical (unpaired) electrons. The molecule has 0 aliphatic carbocycles. The summed E-state index contributed by atoms with van der Waals surface area (Å²) in [4.78, 5) is 31.8. The molecule has 2 amide bonds. The maximum Gasteiger partial charge on any atom is 0.272 e. The van der Waals surface area contributed by atoms with Gasteiger partial charge in [0.05, 0.1) is 5.69 Å². The summed E-state index contributed by atoms with van der Waals surface area (Å²) in [7, 11) is 3.60. The Bertz CT molecular complexity index is 684. The molecule has 2 rings (SSSR count). The SMILES string of the molecule is C/C=C/c1nc(C(=O)N[C@H](C(=O)NC)C(C)(C)C)c2n1CCN(C)C2. The van der Waals surface area contributed by atoms with Crippen LogP contribution in [0.5, 0.6) is 0 Å². The van der Waals surface area contributed by atoms with Gasteiger partial charge in [-0.2, -0.15) is 0 Å². The molecule has 1 atom stereocenters. The molecule has 0 aromatic carbocycles. The first-order chi connectivity index (χ1) is 11.7. The van der Waals surface area contributed by atoms with E-state index in [0.29, 0.717) is 12.2 Å². The zero-order chi connectivity index (χ0) is 18.8. The summed E-state index contributed by atoms with van der Waals surface area (Å²) in [6.07, 6.45) is 3.82. The summed E-state index contributed by atoms with van der Waals surface area (Å²) in [5.74, 6) is 0.265. The number of carbonyl (C=O) groups excluding carboxylic acids is 2. The lowest BCUT2D eigenvalue weighted by Gasteiger charge is -2.30. The minimum Gasteiger partial charge on any atom is -0.357 e. The number of hydrogen-bond donors (Lipinski definition) is 2. The molecule has 2 heterocycles. The van der Waals surface area contributed by atoms with Gasteiger partial charge in [-0.3, -0.25) is 14.5 Å². The van der Waals surface area contributed by atoms with Crippen molar-refractivity contribution in [2.75, 3.05) is 20.6 Å². The highest BCUT2D eigenvalue weighted by Crippen LogP contribution is 2.22. The van der Waals surface area contributed by atoms with Gasteiger partial charge >= 0.3 is 0 Å². The maximum absolute atomic E-state index is 12.9. The number of hydrogen-bond acceptors (Lipinski definition) is 4. The maximum atomic E-state index is 12.9. The lowest BCUT2D eigenvalue weighted by atomic mass is 9.86. The number of allylic oxidation sites excluding steroid dienone is 1. The van der Waals surface area contributed by atoms with E-state index >= 15 is 0 Å². The lowest BCUT2D eigenvalue weighted by molar-refractivity contribution is -0.124. The van der Waals surface area contributed by atoms with Crippen LogP contribution in [0.15, 0.2) is 6.08 Å². The van der Waals surface area contributed by atoms with Crippen LogP contribution in [0.25, 0.3) is 6.08 Å². The summed E-state index contributed by atoms with van der Waals surface area (Å²) in [6, 6.07) is -0.631. The van der Waals surface area contributed by atoms with Crippen molar-refractivity contribution in [2.45, 2.75) is 46.8 Å². The molecule has 0 spiro atoms. The molecule has 1 aliphatic heterocycles. The van der Waals surface area contributed by atoms with Crippen LogP contribution in [-0.4, -0.2) is 52.9 Å². The van der Waals surface area contributed by atoms with Gasteiger partial charge in [0.25, 0.3) is 5.91 Å². The van der Waals surface area contributed by atoms with Crippen LogP contribution in [0.1, 0.15) is 49.7 Å². The first-order valence-corrected chi connectivity index (χ1v) is 8.62. The average Bonchev–Trinajstić information content (AvgIpc) is 2.89. The van der Waals surface area contributed by atoms with E-state index in [2.05, 4.69) is 25.1 Å². The minimum atomic E-state index is -0.631. The fourth-order valence-corrected chi connectivity index (χ4v) is 3.00. The van der Waals surface area contributed by atoms with E-state index < -0.39 is 11.5 Å². The van der Waals surface area contributed by atoms with Crippen LogP contribution < -0.4 is 10.6 Å². The van der Waals surface area contributed by atoms with Gasteiger partial charge in [0.2, 0.25) is 5.91 Å². The molecule has 7 nitrogen and oxygen atoms in total. The van der Waals surface area contributed by atoms with E-state index in [1.54, 1.807) is 7.05 Å². The van der Waals surface area contributed by atoms with Crippen LogP contribution in [0, 0.1) is 5.41 Å². The van der Waals surface area contributed by atoms with E-state index in [9.17, 15) is 9.59 Å². The highest BCUT2D eigenvalue weighted by Gasteiger charge is 2.34. The third-order valence-corrected chi connectivity index (χ3v) is 4.41. The molecular formula is C18H29N5O2. The zero-order valence-electron chi connectivity index (χ0n) is 16.0. The summed E-state index contributed by atoms with van der Waals surface area (Å²) < 4.78 is 2.08. The van der Waals surface area contributed by atoms with E-state index in [1.807, 2.05) is 46.9 Å². The van der Waals surface area contributed by atoms with E-state index in [4.69, 9.17) is 0 Å². The second-order valence-electron chi connectivity index (χ2n) is 7.54. The highest BCUT2D eigenvalue weighted by molar-refractivity contribution is 5.97. The summed E-state index contributed by atoms with van der Waals surface area (Å²) in [5.41, 5.74) is 0.889. The van der Waals surface area contributed by atoms with Crippen molar-refractivity contribution in [1.29, 1.82) is 0 Å². The fourth-order valence-electron chi connectivity index (χ4n) is 3.00. The number of fused-ring (bicyclic) bond motifs is 1. The number of rotatable bonds is 4. The van der Waals surface area contributed by atoms with Gasteiger partial charge in [0, 0.05) is 26.7 Å². The molecule has 1 aromatic rings. The van der Waals surface area contributed by atoms with Gasteiger partial charge in [-0.15, -0.1) is 0 Å². The Balaban J connectivity index is 2.37. The fraction of sp³-hybridized carbons (Fsp3) is 0.611. The Kier molecular flexibility index (Phi) is 5.67. The second-order valence-corrected chi connectivity index (χ2v) is 7.54. The van der Waals surface area contributed by atoms with E-state index in [1.165, 1.54) is 0 Å². The van der Waals surface area contributed by atoms with E-state index in [0.717, 1.165) is 24.6 Å². The first-order valence-electron chi connectivity index (χ1n) is 8.62. The van der Waals surface area contributed by atoms with Crippen molar-refractivity contribution < 1.29 is 9.59 Å². The lowest BCUT2D eigenvalue weighted by Crippen LogP contribution is -2.53. The van der Waals surface area contributed by atoms with Crippen LogP contribution in [0.3, 0.4) is 0 Å². The topological polar surface area (TPSA) is 79.3 Å². The quantitative estimate of drug-likeness (QED) is 0.859. The van der Waals surface area contributed by atoms with Crippen LogP contribution in [-0.2, 0) is 17.9 Å². The predicted molar refractivity (Wildman–Crippen MR) is 98.0 cm³/mol. The molecular weight excluding hydrogens is 318 g/mol. The molecule has 2 N–H and O–H groups in total. The van der Waals surface area contributed by atoms with Gasteiger partial charge < -0.3 is 15.2 Å². The molecule has 0 fully saturated rings. The molecule has 25 heavy (non-hydrogen) atoms. The van der Waals surface area contributed by atoms with Gasteiger partial charge in [-0.05, 0) is 25.5 Å². The molecule has 138 valence electrons. The number of nitrogens with one attached hydrogen (secondary N) is 2. The Morgan fingerprint density at radius 1 is 1.28 bits per heavy atom. The second kappa shape index (κ2) is 7.39. The number of likely N-dealkylation sites (N-methyl/N-ethyl adjacent to an activating group) is 2. The summed E-state index contributed by atoms with van der Waals surface area (Å²) >= 11 is 0. The van der Waals surface area contributed by atoms with Crippen LogP contribution in [0.4, 0.5) is 0 Å². The molecule has 0 saturated heterocycles. The molecule has 0 bridgehead atoms. The smallest absolute Gasteiger partial charge is 0.272 e. The van der Waals surface area contributed by atoms with Crippen molar-refractivity contribution in [3.8, 4) is 0 Å². The van der Waals surface area contributed by atoms with Crippen molar-refractivity contribution in [3.05, 3.63) is 23.3 Å². The number of imidazole rings is 1. The van der Waals surface area contributed by atoms with Crippen LogP contribution in [0.2, 0.25) is 0 Å². The third-order valence-electron chi connectivity index (χ3n) is 4.41. The number of carbonyl (C=O) groups is 2. The zero-order valence-corrected chi connectivity index (χ0v) is 16.0. The predicted octanol–water partition coefficient (Wildman–Crippen LogP) is 1.25. The molecule has 0 unspecified atom stereocenters. The van der Waals surface area contributed by atoms with E-state index in [-0.39, 0.29) is 11.8 Å². The van der Waals surface area contributed by atoms with Crippen molar-refractivity contribution in [2.24, 2.45) is 5.41 Å². The Morgan fingerprint density at radius 3 is 2.52 bits per heavy atom. The summed E-state index contributed by atoms with van der Waals surface area (Å²) in [6.45, 7) is 10.1. The van der Waals surface area contributed by atoms with Gasteiger partial charge in [-0.25, -0.2) is 4.98 Å². The number of nitrogens with zero attached hydrogens (tertiary/aromatic N) is 3. The average molecular weight is 347 g/mol. The molecule has 7 heteroatoms. The van der Waals surface area contributed by atoms with Crippen LogP contribution >= 0.6 is 0 Å². The monoisotopic (exact) mass is 347 g/mol. The van der Waals surface area contributed by atoms with Crippen molar-refractivity contribution in [3.63, 3.8) is 0 Å². The summed E-state index contributed by atoms with van der Waals surface area (Å²) in [5, 5.41) is 5.50. The normalized spacial score (nSPS) is 16.6. The van der Waals surface area contributed by atoms with Crippen molar-refractivity contribution in [1.82, 2.24) is 25.1 Å². The Labute approximate surface area is 149 Å². The largest absolute Gasteiger partial charge is 0.357 e. The van der Waals surface area contributed by atoms with Gasteiger partial charge in [0.1, 0.15) is 11.9 Å². The van der Waals surface area contributed by atoms with Crippen molar-refractivity contribution >= 4 is 17.9 Å². The Morgan fingerprint density at radius 2 is 1.96 bits per heavy atom. The highest BCUT2D eigenvalue weighted by atomic mass is 16.2. The first kappa shape index (κ1) is 19.2. The molecule has 0 saturated carbocycles. The van der Waals surface area contributed by atoms with Gasteiger partial charge in [0.15, 0.2) is 5.69 Å². The van der Waals surface area contributed by atoms with Gasteiger partial charge in [-0.1, -0.05) is 26.8 Å². The number of amides is 2. The Hall–Kier alpha value is -2.15. The molecule has 1 aliphatic rings. The standard InChI is InChI=1S/C18H29N5O2/c1-7-8-13-20-14(12-11-22(6)9-10-23(12)13)16(24)21-15(17(25)19-5)18(2,3)4/h7-8,15H,9-11H2,1-6H3,(H,19,25)(H,21,24)/b8-7+/t15-/m1/s1. The molecule has 1 aromatic heterocycles. The number of aromatic nitrogens is 2. The minimum absolute atomic E-state index is 0.209.